The highest BCUT2D eigenvalue weighted by Crippen LogP contribution is 2.46. The number of ether oxygens (including phenoxy) is 2. The van der Waals surface area contributed by atoms with E-state index < -0.39 is 25.9 Å². The van der Waals surface area contributed by atoms with Gasteiger partial charge in [-0.1, -0.05) is 113 Å². The van der Waals surface area contributed by atoms with Crippen LogP contribution in [0.2, 0.25) is 5.04 Å². The van der Waals surface area contributed by atoms with Gasteiger partial charge in [-0.25, -0.2) is 0 Å². The third-order valence-corrected chi connectivity index (χ3v) is 15.4. The second-order valence-electron chi connectivity index (χ2n) is 16.2. The molecule has 2 aliphatic carbocycles. The lowest BCUT2D eigenvalue weighted by atomic mass is 9.64. The molecule has 0 saturated carbocycles. The SMILES string of the molecule is CC(=O)O[C@H]1C=CC[C@@H](O[Si](c2ccccc2)(c2ccccc2)C(C)(C)C)C[C@H]2C(C)=CC[C@H](C(C)C)[C@H]2C[C@@H]1OC(=O)C(C)(C)C. The molecule has 4 rings (SSSR count). The van der Waals surface area contributed by atoms with Gasteiger partial charge in [0.2, 0.25) is 0 Å². The van der Waals surface area contributed by atoms with Crippen molar-refractivity contribution < 1.29 is 23.5 Å². The number of allylic oxidation sites excluding steroid dienone is 2. The molecule has 0 aromatic heterocycles. The first-order valence-electron chi connectivity index (χ1n) is 17.5. The molecule has 0 spiro atoms. The lowest BCUT2D eigenvalue weighted by Gasteiger charge is -2.47. The predicted molar refractivity (Wildman–Crippen MR) is 194 cm³/mol. The van der Waals surface area contributed by atoms with E-state index in [0.29, 0.717) is 24.7 Å². The van der Waals surface area contributed by atoms with Crippen LogP contribution < -0.4 is 10.4 Å². The molecule has 0 N–H and O–H groups in total. The van der Waals surface area contributed by atoms with Gasteiger partial charge in [-0.3, -0.25) is 9.59 Å². The smallest absolute Gasteiger partial charge is 0.311 e. The summed E-state index contributed by atoms with van der Waals surface area (Å²) in [6, 6.07) is 21.6. The second kappa shape index (κ2) is 15.1. The van der Waals surface area contributed by atoms with Gasteiger partial charge in [0.1, 0.15) is 6.10 Å². The van der Waals surface area contributed by atoms with Crippen molar-refractivity contribution in [2.45, 2.75) is 118 Å². The van der Waals surface area contributed by atoms with Crippen LogP contribution in [-0.4, -0.2) is 38.6 Å². The fourth-order valence-corrected chi connectivity index (χ4v) is 12.5. The molecular weight excluding hydrogens is 601 g/mol. The van der Waals surface area contributed by atoms with Gasteiger partial charge >= 0.3 is 11.9 Å². The minimum absolute atomic E-state index is 0.0778. The summed E-state index contributed by atoms with van der Waals surface area (Å²) >= 11 is 0. The van der Waals surface area contributed by atoms with Crippen molar-refractivity contribution in [1.82, 2.24) is 0 Å². The van der Waals surface area contributed by atoms with Crippen molar-refractivity contribution in [3.63, 3.8) is 0 Å². The Morgan fingerprint density at radius 1 is 0.830 bits per heavy atom. The van der Waals surface area contributed by atoms with Crippen LogP contribution in [0.4, 0.5) is 0 Å². The molecule has 2 aromatic carbocycles. The highest BCUT2D eigenvalue weighted by Gasteiger charge is 2.52. The van der Waals surface area contributed by atoms with Crippen molar-refractivity contribution in [1.29, 1.82) is 0 Å². The van der Waals surface area contributed by atoms with E-state index in [4.69, 9.17) is 13.9 Å². The average molecular weight is 659 g/mol. The van der Waals surface area contributed by atoms with E-state index in [1.807, 2.05) is 26.8 Å². The fraction of sp³-hybridized carbons (Fsp3) is 0.561. The Morgan fingerprint density at radius 2 is 1.40 bits per heavy atom. The quantitative estimate of drug-likeness (QED) is 0.170. The number of esters is 2. The van der Waals surface area contributed by atoms with Gasteiger partial charge < -0.3 is 13.9 Å². The van der Waals surface area contributed by atoms with Crippen LogP contribution in [0.15, 0.2) is 84.5 Å². The highest BCUT2D eigenvalue weighted by molar-refractivity contribution is 6.99. The molecule has 0 fully saturated rings. The minimum atomic E-state index is -2.83. The van der Waals surface area contributed by atoms with E-state index in [9.17, 15) is 9.59 Å². The number of hydrogen-bond donors (Lipinski definition) is 0. The lowest BCUT2D eigenvalue weighted by molar-refractivity contribution is -0.172. The van der Waals surface area contributed by atoms with Gasteiger partial charge in [0.15, 0.2) is 6.10 Å². The zero-order valence-corrected chi connectivity index (χ0v) is 31.4. The summed E-state index contributed by atoms with van der Waals surface area (Å²) in [5, 5.41) is 2.37. The monoisotopic (exact) mass is 658 g/mol. The molecular formula is C41H58O5Si. The van der Waals surface area contributed by atoms with Crippen LogP contribution in [0.1, 0.15) is 94.9 Å². The number of rotatable bonds is 7. The van der Waals surface area contributed by atoms with Crippen LogP contribution >= 0.6 is 0 Å². The Kier molecular flexibility index (Phi) is 11.8. The maximum atomic E-state index is 13.3. The molecule has 6 heteroatoms. The fourth-order valence-electron chi connectivity index (χ4n) is 7.79. The van der Waals surface area contributed by atoms with Gasteiger partial charge in [-0.15, -0.1) is 0 Å². The van der Waals surface area contributed by atoms with E-state index in [0.717, 1.165) is 12.8 Å². The van der Waals surface area contributed by atoms with E-state index in [2.05, 4.69) is 114 Å². The number of fused-ring (bicyclic) bond motifs is 1. The van der Waals surface area contributed by atoms with E-state index >= 15 is 0 Å². The van der Waals surface area contributed by atoms with Crippen molar-refractivity contribution in [3.05, 3.63) is 84.5 Å². The first-order chi connectivity index (χ1) is 22.0. The van der Waals surface area contributed by atoms with Gasteiger partial charge in [-0.2, -0.15) is 0 Å². The summed E-state index contributed by atoms with van der Waals surface area (Å²) in [5.74, 6) is 0.637. The normalized spacial score (nSPS) is 25.8. The maximum absolute atomic E-state index is 13.3. The molecule has 6 atom stereocenters. The van der Waals surface area contributed by atoms with Crippen LogP contribution in [0.25, 0.3) is 0 Å². The zero-order valence-electron chi connectivity index (χ0n) is 30.4. The Hall–Kier alpha value is -2.96. The van der Waals surface area contributed by atoms with Gasteiger partial charge in [0.05, 0.1) is 5.41 Å². The Bertz CT molecular complexity index is 1360. The predicted octanol–water partition coefficient (Wildman–Crippen LogP) is 8.42. The van der Waals surface area contributed by atoms with Crippen molar-refractivity contribution in [2.75, 3.05) is 0 Å². The molecule has 47 heavy (non-hydrogen) atoms. The second-order valence-corrected chi connectivity index (χ2v) is 20.4. The molecule has 0 unspecified atom stereocenters. The maximum Gasteiger partial charge on any atom is 0.311 e. The summed E-state index contributed by atoms with van der Waals surface area (Å²) in [5.41, 5.74) is 0.700. The van der Waals surface area contributed by atoms with Crippen LogP contribution in [-0.2, 0) is 23.5 Å². The number of benzene rings is 2. The first kappa shape index (κ1) is 36.9. The van der Waals surface area contributed by atoms with Gasteiger partial charge in [0.25, 0.3) is 8.32 Å². The molecule has 2 aromatic rings. The van der Waals surface area contributed by atoms with E-state index in [1.165, 1.54) is 22.9 Å². The van der Waals surface area contributed by atoms with Crippen molar-refractivity contribution in [2.24, 2.45) is 29.1 Å². The number of hydrogen-bond acceptors (Lipinski definition) is 5. The number of carbonyl (C=O) groups is 2. The van der Waals surface area contributed by atoms with Crippen LogP contribution in [0.3, 0.4) is 0 Å². The summed E-state index contributed by atoms with van der Waals surface area (Å²) in [7, 11) is -2.83. The van der Waals surface area contributed by atoms with Crippen molar-refractivity contribution >= 4 is 30.6 Å². The van der Waals surface area contributed by atoms with Crippen LogP contribution in [0.5, 0.6) is 0 Å². The summed E-state index contributed by atoms with van der Waals surface area (Å²) in [6.45, 7) is 20.9. The molecule has 2 aliphatic rings. The molecule has 0 bridgehead atoms. The molecule has 0 amide bonds. The van der Waals surface area contributed by atoms with Crippen molar-refractivity contribution in [3.8, 4) is 0 Å². The minimum Gasteiger partial charge on any atom is -0.458 e. The molecule has 0 heterocycles. The summed E-state index contributed by atoms with van der Waals surface area (Å²) in [6.07, 6.45) is 8.26. The summed E-state index contributed by atoms with van der Waals surface area (Å²) in [4.78, 5) is 25.8. The molecule has 256 valence electrons. The molecule has 5 nitrogen and oxygen atoms in total. The van der Waals surface area contributed by atoms with Gasteiger partial charge in [-0.05, 0) is 98.5 Å². The molecule has 0 saturated heterocycles. The topological polar surface area (TPSA) is 61.8 Å². The summed E-state index contributed by atoms with van der Waals surface area (Å²) < 4.78 is 20.0. The Morgan fingerprint density at radius 3 is 1.89 bits per heavy atom. The van der Waals surface area contributed by atoms with E-state index in [-0.39, 0.29) is 34.9 Å². The molecule has 0 radical (unpaired) electrons. The lowest BCUT2D eigenvalue weighted by Crippen LogP contribution is -2.67. The van der Waals surface area contributed by atoms with E-state index in [1.54, 1.807) is 0 Å². The van der Waals surface area contributed by atoms with Crippen LogP contribution in [0, 0.1) is 29.1 Å². The standard InChI is InChI=1S/C41H58O5Si/c1-28(2)34-25-24-29(3)35-26-31(18-17-23-37(44-30(4)42)38(27-36(34)35)45-39(43)40(5,6)7)46-47(41(8,9)10,32-19-13-11-14-20-32)33-21-15-12-16-22-33/h11-17,19-24,28,31,34-38H,18,25-27H2,1-10H3/t31-,34-,35+,36-,37+,38+/m1/s1. The molecule has 0 aliphatic heterocycles. The van der Waals surface area contributed by atoms with Gasteiger partial charge in [0, 0.05) is 13.0 Å². The largest absolute Gasteiger partial charge is 0.458 e. The Balaban J connectivity index is 1.87. The average Bonchev–Trinajstić information content (AvgIpc) is 2.99. The highest BCUT2D eigenvalue weighted by atomic mass is 28.4. The first-order valence-corrected chi connectivity index (χ1v) is 19.5. The third-order valence-electron chi connectivity index (χ3n) is 10.3. The zero-order chi connectivity index (χ0) is 34.6. The Labute approximate surface area is 285 Å². The third kappa shape index (κ3) is 8.56. The number of carbonyl (C=O) groups excluding carboxylic acids is 2.